The van der Waals surface area contributed by atoms with Gasteiger partial charge in [0.15, 0.2) is 0 Å². The Kier molecular flexibility index (Phi) is 2.78. The quantitative estimate of drug-likeness (QED) is 0.857. The molecule has 0 radical (unpaired) electrons. The fourth-order valence-corrected chi connectivity index (χ4v) is 5.77. The van der Waals surface area contributed by atoms with E-state index in [-0.39, 0.29) is 11.5 Å². The zero-order valence-electron chi connectivity index (χ0n) is 11.7. The number of hydrogen-bond acceptors (Lipinski definition) is 2. The van der Waals surface area contributed by atoms with E-state index in [1.165, 1.54) is 5.56 Å². The Balaban J connectivity index is 1.80. The summed E-state index contributed by atoms with van der Waals surface area (Å²) in [4.78, 5) is 11.4. The number of carbonyl (C=O) groups excluding carboxylic acids is 1. The first kappa shape index (κ1) is 12.6. The van der Waals surface area contributed by atoms with Crippen LogP contribution in [-0.2, 0) is 10.2 Å². The summed E-state index contributed by atoms with van der Waals surface area (Å²) in [7, 11) is 0. The molecule has 106 valence electrons. The van der Waals surface area contributed by atoms with Gasteiger partial charge >= 0.3 is 0 Å². The molecule has 4 bridgehead atoms. The number of carbonyl (C=O) groups is 1. The Morgan fingerprint density at radius 3 is 2.10 bits per heavy atom. The van der Waals surface area contributed by atoms with E-state index in [1.807, 2.05) is 0 Å². The van der Waals surface area contributed by atoms with Crippen LogP contribution >= 0.6 is 0 Å². The third kappa shape index (κ3) is 1.52. The maximum atomic E-state index is 11.4. The van der Waals surface area contributed by atoms with Gasteiger partial charge in [-0.05, 0) is 54.9 Å². The predicted molar refractivity (Wildman–Crippen MR) is 77.2 cm³/mol. The third-order valence-corrected chi connectivity index (χ3v) is 6.50. The monoisotopic (exact) mass is 270 g/mol. The van der Waals surface area contributed by atoms with Gasteiger partial charge in [0.2, 0.25) is 0 Å². The highest BCUT2D eigenvalue weighted by molar-refractivity contribution is 5.55. The molecule has 0 saturated heterocycles. The first-order valence-corrected chi connectivity index (χ1v) is 7.93. The van der Waals surface area contributed by atoms with Crippen LogP contribution in [0.1, 0.15) is 37.7 Å². The van der Waals surface area contributed by atoms with Gasteiger partial charge in [0.05, 0.1) is 6.10 Å². The number of hydrogen-bond donors (Lipinski definition) is 1. The molecule has 4 saturated carbocycles. The van der Waals surface area contributed by atoms with Gasteiger partial charge in [0.25, 0.3) is 0 Å². The maximum Gasteiger partial charge on any atom is 0.120 e. The van der Waals surface area contributed by atoms with Crippen molar-refractivity contribution in [3.8, 4) is 0 Å². The van der Waals surface area contributed by atoms with Gasteiger partial charge in [-0.25, -0.2) is 0 Å². The highest BCUT2D eigenvalue weighted by Crippen LogP contribution is 2.63. The van der Waals surface area contributed by atoms with Gasteiger partial charge in [-0.1, -0.05) is 30.3 Å². The number of aliphatic hydroxyl groups excluding tert-OH is 1. The molecule has 4 fully saturated rings. The molecule has 1 aromatic rings. The van der Waals surface area contributed by atoms with E-state index in [0.717, 1.165) is 32.0 Å². The van der Waals surface area contributed by atoms with Crippen LogP contribution in [0.5, 0.6) is 0 Å². The van der Waals surface area contributed by atoms with Crippen molar-refractivity contribution in [1.29, 1.82) is 0 Å². The number of aliphatic hydroxyl groups is 1. The summed E-state index contributed by atoms with van der Waals surface area (Å²) in [5, 5.41) is 10.3. The van der Waals surface area contributed by atoms with Crippen molar-refractivity contribution < 1.29 is 9.90 Å². The van der Waals surface area contributed by atoms with Gasteiger partial charge in [0.1, 0.15) is 6.29 Å². The molecule has 5 rings (SSSR count). The van der Waals surface area contributed by atoms with Gasteiger partial charge in [-0.15, -0.1) is 0 Å². The molecule has 2 nitrogen and oxygen atoms in total. The Morgan fingerprint density at radius 2 is 1.60 bits per heavy atom. The van der Waals surface area contributed by atoms with Gasteiger partial charge in [-0.2, -0.15) is 0 Å². The molecule has 0 atom stereocenters. The van der Waals surface area contributed by atoms with Crippen LogP contribution in [0.15, 0.2) is 30.3 Å². The number of rotatable bonds is 3. The molecular weight excluding hydrogens is 248 g/mol. The van der Waals surface area contributed by atoms with Crippen molar-refractivity contribution >= 4 is 6.29 Å². The van der Waals surface area contributed by atoms with Crippen LogP contribution in [0.3, 0.4) is 0 Å². The lowest BCUT2D eigenvalue weighted by Crippen LogP contribution is -2.60. The average molecular weight is 270 g/mol. The topological polar surface area (TPSA) is 37.3 Å². The molecule has 0 aromatic heterocycles. The summed E-state index contributed by atoms with van der Waals surface area (Å²) in [5.74, 6) is 2.14. The molecule has 0 spiro atoms. The van der Waals surface area contributed by atoms with Crippen molar-refractivity contribution in [3.63, 3.8) is 0 Å². The lowest BCUT2D eigenvalue weighted by atomic mass is 9.42. The lowest BCUT2D eigenvalue weighted by Gasteiger charge is -2.62. The molecule has 4 aliphatic carbocycles. The van der Waals surface area contributed by atoms with E-state index in [0.29, 0.717) is 30.1 Å². The molecule has 0 amide bonds. The van der Waals surface area contributed by atoms with E-state index in [9.17, 15) is 9.90 Å². The first-order chi connectivity index (χ1) is 9.75. The van der Waals surface area contributed by atoms with Crippen molar-refractivity contribution in [3.05, 3.63) is 35.9 Å². The van der Waals surface area contributed by atoms with Crippen molar-refractivity contribution in [2.45, 2.75) is 43.6 Å². The lowest BCUT2D eigenvalue weighted by molar-refractivity contribution is -0.142. The van der Waals surface area contributed by atoms with Crippen molar-refractivity contribution in [2.24, 2.45) is 23.7 Å². The molecule has 4 aliphatic rings. The molecular formula is C18H22O2. The molecule has 1 N–H and O–H groups in total. The summed E-state index contributed by atoms with van der Waals surface area (Å²) in [6.07, 6.45) is 6.14. The highest BCUT2D eigenvalue weighted by atomic mass is 16.3. The largest absolute Gasteiger partial charge is 0.393 e. The fraction of sp³-hybridized carbons (Fsp3) is 0.611. The molecule has 0 heterocycles. The summed E-state index contributed by atoms with van der Waals surface area (Å²) >= 11 is 0. The zero-order chi connectivity index (χ0) is 13.7. The molecule has 0 aliphatic heterocycles. The Morgan fingerprint density at radius 1 is 1.05 bits per heavy atom. The second-order valence-corrected chi connectivity index (χ2v) is 7.12. The Hall–Kier alpha value is -1.15. The summed E-state index contributed by atoms with van der Waals surface area (Å²) in [5.41, 5.74) is 1.41. The van der Waals surface area contributed by atoms with Crippen LogP contribution in [0.2, 0.25) is 0 Å². The predicted octanol–water partition coefficient (Wildman–Crippen LogP) is 2.94. The number of benzene rings is 1. The second-order valence-electron chi connectivity index (χ2n) is 7.12. The standard InChI is InChI=1S/C18H22O2/c19-7-6-18(14-4-2-1-3-5-14)15-8-12-9-16(18)11-13(10-15)17(12)20/h1-5,7,12-13,15-17,20H,6,8-11H2. The SMILES string of the molecule is O=CCC1(c2ccccc2)C2CC3CC1CC(C2)C3O. The fourth-order valence-electron chi connectivity index (χ4n) is 5.77. The third-order valence-electron chi connectivity index (χ3n) is 6.50. The van der Waals surface area contributed by atoms with E-state index in [1.54, 1.807) is 0 Å². The summed E-state index contributed by atoms with van der Waals surface area (Å²) < 4.78 is 0. The van der Waals surface area contributed by atoms with E-state index in [4.69, 9.17) is 0 Å². The summed E-state index contributed by atoms with van der Waals surface area (Å²) in [6.45, 7) is 0. The Bertz CT molecular complexity index is 477. The van der Waals surface area contributed by atoms with Crippen LogP contribution in [0.4, 0.5) is 0 Å². The Labute approximate surface area is 120 Å². The minimum atomic E-state index is -0.0764. The minimum Gasteiger partial charge on any atom is -0.393 e. The van der Waals surface area contributed by atoms with Gasteiger partial charge < -0.3 is 9.90 Å². The van der Waals surface area contributed by atoms with Gasteiger partial charge in [-0.3, -0.25) is 0 Å². The zero-order valence-corrected chi connectivity index (χ0v) is 11.7. The average Bonchev–Trinajstić information content (AvgIpc) is 2.46. The van der Waals surface area contributed by atoms with Crippen LogP contribution < -0.4 is 0 Å². The van der Waals surface area contributed by atoms with E-state index < -0.39 is 0 Å². The normalized spacial score (nSPS) is 45.5. The molecule has 2 heteroatoms. The second kappa shape index (κ2) is 4.42. The molecule has 1 aromatic carbocycles. The van der Waals surface area contributed by atoms with Crippen LogP contribution in [-0.4, -0.2) is 17.5 Å². The van der Waals surface area contributed by atoms with E-state index >= 15 is 0 Å². The molecule has 20 heavy (non-hydrogen) atoms. The minimum absolute atomic E-state index is 0.0517. The van der Waals surface area contributed by atoms with Crippen LogP contribution in [0.25, 0.3) is 0 Å². The highest BCUT2D eigenvalue weighted by Gasteiger charge is 2.60. The maximum absolute atomic E-state index is 11.4. The molecule has 0 unspecified atom stereocenters. The van der Waals surface area contributed by atoms with Gasteiger partial charge in [0, 0.05) is 11.8 Å². The summed E-state index contributed by atoms with van der Waals surface area (Å²) in [6, 6.07) is 10.7. The van der Waals surface area contributed by atoms with Crippen molar-refractivity contribution in [1.82, 2.24) is 0 Å². The number of aldehydes is 1. The van der Waals surface area contributed by atoms with E-state index in [2.05, 4.69) is 30.3 Å². The first-order valence-electron chi connectivity index (χ1n) is 7.93. The smallest absolute Gasteiger partial charge is 0.120 e. The van der Waals surface area contributed by atoms with Crippen molar-refractivity contribution in [2.75, 3.05) is 0 Å². The van der Waals surface area contributed by atoms with Crippen LogP contribution in [0, 0.1) is 23.7 Å².